The van der Waals surface area contributed by atoms with Gasteiger partial charge in [-0.05, 0) is 0 Å². The van der Waals surface area contributed by atoms with Crippen LogP contribution in [0.25, 0.3) is 0 Å². The first-order valence-electron chi connectivity index (χ1n) is 8.15. The topological polar surface area (TPSA) is 0 Å². The molecule has 0 bridgehead atoms. The van der Waals surface area contributed by atoms with Gasteiger partial charge < -0.3 is 24.8 Å². The summed E-state index contributed by atoms with van der Waals surface area (Å²) in [6.45, 7) is 19.5. The Balaban J connectivity index is -0.000000291. The van der Waals surface area contributed by atoms with Crippen molar-refractivity contribution in [1.29, 1.82) is 0 Å². The van der Waals surface area contributed by atoms with Gasteiger partial charge in [-0.3, -0.25) is 0 Å². The van der Waals surface area contributed by atoms with Crippen LogP contribution in [0.3, 0.4) is 0 Å². The zero-order valence-electron chi connectivity index (χ0n) is 17.0. The molecule has 0 aromatic heterocycles. The number of hydrogen-bond donors (Lipinski definition) is 0. The largest absolute Gasteiger partial charge is 1.00 e. The van der Waals surface area contributed by atoms with E-state index >= 15 is 0 Å². The maximum absolute atomic E-state index is 5.56. The molecule has 0 aliphatic carbocycles. The standard InChI is InChI=1S/2C9H13.C2H5ClSi.2ClH.Ti/c2*1-6-5-7(2)9(4)8(6)3;1-2-4-3;;;/h2*5H,1-4H3;2H2,1H3;2*1H;/q2*-1;;;;+2/p-2. The molecule has 0 saturated carbocycles. The van der Waals surface area contributed by atoms with Gasteiger partial charge in [0.25, 0.3) is 0 Å². The van der Waals surface area contributed by atoms with Gasteiger partial charge in [-0.25, -0.2) is 0 Å². The maximum atomic E-state index is 5.56. The number of halogens is 3. The molecule has 142 valence electrons. The summed E-state index contributed by atoms with van der Waals surface area (Å²) in [4.78, 5) is 0. The molecule has 25 heavy (non-hydrogen) atoms. The molecule has 0 unspecified atom stereocenters. The normalized spacial score (nSPS) is 8.96. The molecule has 0 aliphatic rings. The van der Waals surface area contributed by atoms with Crippen LogP contribution in [-0.2, 0) is 19.2 Å². The molecule has 0 N–H and O–H groups in total. The molecule has 0 spiro atoms. The van der Waals surface area contributed by atoms with Crippen molar-refractivity contribution < 1.29 is 44.0 Å². The fourth-order valence-corrected chi connectivity index (χ4v) is 2.27. The van der Waals surface area contributed by atoms with Crippen molar-refractivity contribution in [2.75, 3.05) is 0 Å². The summed E-state index contributed by atoms with van der Waals surface area (Å²) in [5, 5.41) is 0. The van der Waals surface area contributed by atoms with Gasteiger partial charge >= 0.3 is 48.7 Å². The summed E-state index contributed by atoms with van der Waals surface area (Å²) in [6, 6.07) is 5.65. The zero-order chi connectivity index (χ0) is 18.3. The molecule has 2 aromatic rings. The maximum Gasteiger partial charge on any atom is -0.0630 e. The summed E-state index contributed by atoms with van der Waals surface area (Å²) in [5.74, 6) is 0. The average molecular weight is 454 g/mol. The van der Waals surface area contributed by atoms with Crippen LogP contribution in [0.4, 0.5) is 0 Å². The molecule has 0 atom stereocenters. The van der Waals surface area contributed by atoms with Crippen LogP contribution < -0.4 is 24.8 Å². The first kappa shape index (κ1) is 30.2. The van der Waals surface area contributed by atoms with Crippen LogP contribution in [0.15, 0.2) is 12.1 Å². The molecule has 0 amide bonds. The van der Waals surface area contributed by atoms with Gasteiger partial charge in [0.15, 0.2) is 0 Å². The van der Waals surface area contributed by atoms with E-state index in [1.54, 1.807) is 0 Å². The Bertz CT molecular complexity index is 559. The summed E-state index contributed by atoms with van der Waals surface area (Å²) < 4.78 is 0. The average Bonchev–Trinajstić information content (AvgIpc) is 2.85. The van der Waals surface area contributed by atoms with Crippen LogP contribution in [0.5, 0.6) is 0 Å². The molecule has 2 aromatic carbocycles. The van der Waals surface area contributed by atoms with Crippen molar-refractivity contribution >= 4 is 16.6 Å². The molecule has 2 rings (SSSR count). The fourth-order valence-electron chi connectivity index (χ4n) is 2.27. The Morgan fingerprint density at radius 2 is 1.08 bits per heavy atom. The SMILES string of the molecule is CC[Si](Cl)=[Ti+2].Cc1c[c-](C)c(C)c1C.Cc1c[c-](C)c(C)c1C.[Cl-].[Cl-]. The Morgan fingerprint density at radius 3 is 1.12 bits per heavy atom. The molecule has 0 fully saturated rings. The molecule has 0 aliphatic heterocycles. The Hall–Kier alpha value is 0.501. The van der Waals surface area contributed by atoms with Gasteiger partial charge in [0.1, 0.15) is 0 Å². The minimum atomic E-state index is -0.402. The van der Waals surface area contributed by atoms with Crippen molar-refractivity contribution in [3.63, 3.8) is 0 Å². The first-order chi connectivity index (χ1) is 10.5. The van der Waals surface area contributed by atoms with Gasteiger partial charge in [0.05, 0.1) is 0 Å². The van der Waals surface area contributed by atoms with E-state index < -0.39 is 5.50 Å². The Morgan fingerprint density at radius 1 is 0.840 bits per heavy atom. The van der Waals surface area contributed by atoms with E-state index in [1.807, 2.05) is 0 Å². The third kappa shape index (κ3) is 10.4. The number of hydrogen-bond acceptors (Lipinski definition) is 0. The van der Waals surface area contributed by atoms with E-state index in [0.29, 0.717) is 0 Å². The van der Waals surface area contributed by atoms with Crippen molar-refractivity contribution in [3.05, 3.63) is 56.6 Å². The summed E-state index contributed by atoms with van der Waals surface area (Å²) >= 11 is 7.65. The second-order valence-electron chi connectivity index (χ2n) is 6.28. The minimum Gasteiger partial charge on any atom is -1.00 e. The van der Waals surface area contributed by atoms with Crippen molar-refractivity contribution in [2.45, 2.75) is 68.4 Å². The smallest absolute Gasteiger partial charge is 0.0630 e. The quantitative estimate of drug-likeness (QED) is 0.336. The van der Waals surface area contributed by atoms with E-state index in [1.165, 1.54) is 50.6 Å². The van der Waals surface area contributed by atoms with Gasteiger partial charge in [0.2, 0.25) is 0 Å². The van der Waals surface area contributed by atoms with Crippen LogP contribution in [0.1, 0.15) is 51.4 Å². The second-order valence-corrected chi connectivity index (χ2v) is 13.5. The molecule has 0 nitrogen and oxygen atoms in total. The summed E-state index contributed by atoms with van der Waals surface area (Å²) in [6.07, 6.45) is 0. The molecule has 0 heterocycles. The third-order valence-electron chi connectivity index (χ3n) is 4.67. The first-order valence-corrected chi connectivity index (χ1v) is 13.2. The van der Waals surface area contributed by atoms with Gasteiger partial charge in [-0.2, -0.15) is 56.6 Å². The van der Waals surface area contributed by atoms with Crippen molar-refractivity contribution in [2.24, 2.45) is 0 Å². The number of aryl methyl sites for hydroxylation is 4. The predicted molar refractivity (Wildman–Crippen MR) is 104 cm³/mol. The summed E-state index contributed by atoms with van der Waals surface area (Å²) in [5.41, 5.74) is 11.1. The third-order valence-corrected chi connectivity index (χ3v) is 7.75. The molecule has 5 heteroatoms. The van der Waals surface area contributed by atoms with E-state index in [2.05, 4.69) is 93.6 Å². The number of rotatable bonds is 1. The van der Waals surface area contributed by atoms with Crippen LogP contribution in [-0.4, -0.2) is 5.50 Å². The molecule has 0 radical (unpaired) electrons. The van der Waals surface area contributed by atoms with Crippen molar-refractivity contribution in [1.82, 2.24) is 0 Å². The van der Waals surface area contributed by atoms with Crippen LogP contribution in [0.2, 0.25) is 6.04 Å². The molecule has 0 saturated heterocycles. The zero-order valence-corrected chi connectivity index (χ0v) is 21.8. The minimum absolute atomic E-state index is 0. The van der Waals surface area contributed by atoms with Gasteiger partial charge in [-0.1, -0.05) is 55.4 Å². The Kier molecular flexibility index (Phi) is 17.6. The van der Waals surface area contributed by atoms with Crippen LogP contribution >= 0.6 is 11.1 Å². The monoisotopic (exact) mass is 452 g/mol. The Labute approximate surface area is 184 Å². The fraction of sp³-hybridized carbons (Fsp3) is 0.500. The molecular weight excluding hydrogens is 423 g/mol. The van der Waals surface area contributed by atoms with E-state index in [4.69, 9.17) is 11.1 Å². The van der Waals surface area contributed by atoms with Gasteiger partial charge in [0, 0.05) is 0 Å². The van der Waals surface area contributed by atoms with Gasteiger partial charge in [-0.15, -0.1) is 0 Å². The van der Waals surface area contributed by atoms with E-state index in [9.17, 15) is 0 Å². The van der Waals surface area contributed by atoms with E-state index in [0.717, 1.165) is 0 Å². The summed E-state index contributed by atoms with van der Waals surface area (Å²) in [7, 11) is 0. The molecular formula is C20H31Cl3SiTi-2. The van der Waals surface area contributed by atoms with E-state index in [-0.39, 0.29) is 24.8 Å². The van der Waals surface area contributed by atoms with Crippen LogP contribution in [0, 0.1) is 55.4 Å². The second kappa shape index (κ2) is 14.5. The van der Waals surface area contributed by atoms with Crippen molar-refractivity contribution in [3.8, 4) is 0 Å². The predicted octanol–water partition coefficient (Wildman–Crippen LogP) is 0.566.